The van der Waals surface area contributed by atoms with E-state index in [1.165, 1.54) is 28.8 Å². The third kappa shape index (κ3) is 4.49. The molecular weight excluding hydrogens is 389 g/mol. The molecule has 0 saturated carbocycles. The molecular formula is C20H19F3N2O2S. The first-order valence-corrected chi connectivity index (χ1v) is 9.85. The third-order valence-corrected chi connectivity index (χ3v) is 5.51. The Bertz CT molecular complexity index is 851. The normalized spacial score (nSPS) is 17.1. The number of amides is 2. The molecule has 3 rings (SSSR count). The predicted molar refractivity (Wildman–Crippen MR) is 104 cm³/mol. The molecule has 4 nitrogen and oxygen atoms in total. The van der Waals surface area contributed by atoms with E-state index < -0.39 is 11.7 Å². The maximum absolute atomic E-state index is 12.8. The van der Waals surface area contributed by atoms with Gasteiger partial charge in [-0.1, -0.05) is 19.1 Å². The molecule has 0 unspecified atom stereocenters. The van der Waals surface area contributed by atoms with E-state index in [-0.39, 0.29) is 22.9 Å². The van der Waals surface area contributed by atoms with Crippen molar-refractivity contribution < 1.29 is 22.8 Å². The highest BCUT2D eigenvalue weighted by molar-refractivity contribution is 8.00. The largest absolute Gasteiger partial charge is 0.416 e. The quantitative estimate of drug-likeness (QED) is 0.738. The fourth-order valence-electron chi connectivity index (χ4n) is 2.94. The molecule has 2 aromatic carbocycles. The zero-order valence-corrected chi connectivity index (χ0v) is 15.9. The lowest BCUT2D eigenvalue weighted by atomic mass is 10.1. The molecule has 148 valence electrons. The first-order valence-electron chi connectivity index (χ1n) is 8.80. The van der Waals surface area contributed by atoms with Crippen molar-refractivity contribution in [3.8, 4) is 0 Å². The zero-order chi connectivity index (χ0) is 20.3. The van der Waals surface area contributed by atoms with Crippen LogP contribution in [-0.2, 0) is 15.8 Å². The Kier molecular flexibility index (Phi) is 5.98. The number of anilines is 2. The van der Waals surface area contributed by atoms with Crippen molar-refractivity contribution in [2.45, 2.75) is 31.3 Å². The van der Waals surface area contributed by atoms with E-state index in [2.05, 4.69) is 5.32 Å². The molecule has 1 N–H and O–H groups in total. The molecule has 8 heteroatoms. The van der Waals surface area contributed by atoms with E-state index >= 15 is 0 Å². The molecule has 2 aromatic rings. The van der Waals surface area contributed by atoms with Crippen LogP contribution in [0.1, 0.15) is 36.3 Å². The fourth-order valence-corrected chi connectivity index (χ4v) is 4.12. The summed E-state index contributed by atoms with van der Waals surface area (Å²) in [4.78, 5) is 25.5. The average molecular weight is 408 g/mol. The van der Waals surface area contributed by atoms with Crippen LogP contribution in [0.4, 0.5) is 24.5 Å². The topological polar surface area (TPSA) is 49.4 Å². The van der Waals surface area contributed by atoms with Crippen molar-refractivity contribution in [3.63, 3.8) is 0 Å². The number of carbonyl (C=O) groups is 2. The average Bonchev–Trinajstić information content (AvgIpc) is 3.03. The van der Waals surface area contributed by atoms with Gasteiger partial charge in [-0.3, -0.25) is 14.5 Å². The molecule has 1 fully saturated rings. The van der Waals surface area contributed by atoms with Gasteiger partial charge in [0.1, 0.15) is 5.37 Å². The van der Waals surface area contributed by atoms with Crippen LogP contribution in [0.2, 0.25) is 0 Å². The number of hydrogen-bond acceptors (Lipinski definition) is 3. The van der Waals surface area contributed by atoms with Gasteiger partial charge in [0.15, 0.2) is 0 Å². The molecule has 1 aliphatic rings. The summed E-state index contributed by atoms with van der Waals surface area (Å²) in [6.07, 6.45) is -3.22. The van der Waals surface area contributed by atoms with E-state index in [4.69, 9.17) is 0 Å². The van der Waals surface area contributed by atoms with Crippen LogP contribution in [0, 0.1) is 0 Å². The van der Waals surface area contributed by atoms with Crippen molar-refractivity contribution in [1.82, 2.24) is 0 Å². The highest BCUT2D eigenvalue weighted by atomic mass is 32.2. The van der Waals surface area contributed by atoms with E-state index in [0.29, 0.717) is 17.8 Å². The summed E-state index contributed by atoms with van der Waals surface area (Å²) in [6.45, 7) is 1.92. The minimum absolute atomic E-state index is 0.0629. The van der Waals surface area contributed by atoms with Crippen LogP contribution in [0.3, 0.4) is 0 Å². The van der Waals surface area contributed by atoms with Gasteiger partial charge < -0.3 is 5.32 Å². The number of carbonyl (C=O) groups excluding carboxylic acids is 2. The van der Waals surface area contributed by atoms with E-state index in [1.54, 1.807) is 12.1 Å². The SMILES string of the molecule is CCCC(=O)Nc1ccc([C@@H]2SCC(=O)N2c2ccc(C(F)(F)F)cc2)cc1. The van der Waals surface area contributed by atoms with Gasteiger partial charge in [-0.15, -0.1) is 11.8 Å². The first kappa shape index (κ1) is 20.3. The molecule has 0 aliphatic carbocycles. The minimum atomic E-state index is -4.42. The van der Waals surface area contributed by atoms with Crippen LogP contribution >= 0.6 is 11.8 Å². The third-order valence-electron chi connectivity index (χ3n) is 4.30. The number of rotatable bonds is 5. The molecule has 1 saturated heterocycles. The van der Waals surface area contributed by atoms with Gasteiger partial charge in [0, 0.05) is 17.8 Å². The molecule has 0 aromatic heterocycles. The van der Waals surface area contributed by atoms with E-state index in [1.807, 2.05) is 19.1 Å². The smallest absolute Gasteiger partial charge is 0.326 e. The monoisotopic (exact) mass is 408 g/mol. The second-order valence-corrected chi connectivity index (χ2v) is 7.46. The first-order chi connectivity index (χ1) is 13.3. The van der Waals surface area contributed by atoms with Gasteiger partial charge in [-0.2, -0.15) is 13.2 Å². The lowest BCUT2D eigenvalue weighted by Gasteiger charge is -2.25. The van der Waals surface area contributed by atoms with E-state index in [0.717, 1.165) is 24.1 Å². The minimum Gasteiger partial charge on any atom is -0.326 e. The number of halogens is 3. The van der Waals surface area contributed by atoms with Gasteiger partial charge >= 0.3 is 6.18 Å². The maximum atomic E-state index is 12.8. The lowest BCUT2D eigenvalue weighted by Crippen LogP contribution is -2.27. The number of hydrogen-bond donors (Lipinski definition) is 1. The Balaban J connectivity index is 1.79. The van der Waals surface area contributed by atoms with Crippen LogP contribution in [0.5, 0.6) is 0 Å². The number of alkyl halides is 3. The number of nitrogens with zero attached hydrogens (tertiary/aromatic N) is 1. The van der Waals surface area contributed by atoms with Crippen molar-refractivity contribution in [3.05, 3.63) is 59.7 Å². The summed E-state index contributed by atoms with van der Waals surface area (Å²) in [5.41, 5.74) is 1.18. The summed E-state index contributed by atoms with van der Waals surface area (Å²) in [5, 5.41) is 2.47. The van der Waals surface area contributed by atoms with Gasteiger partial charge in [-0.05, 0) is 48.4 Å². The Labute approximate surface area is 165 Å². The summed E-state index contributed by atoms with van der Waals surface area (Å²) >= 11 is 1.41. The number of benzene rings is 2. The molecule has 0 radical (unpaired) electrons. The standard InChI is InChI=1S/C20H19F3N2O2S/c1-2-3-17(26)24-15-8-4-13(5-9-15)19-25(18(27)12-28-19)16-10-6-14(7-11-16)20(21,22)23/h4-11,19H,2-3,12H2,1H3,(H,24,26)/t19-/m0/s1. The molecule has 0 bridgehead atoms. The molecule has 2 amide bonds. The molecule has 1 heterocycles. The van der Waals surface area contributed by atoms with E-state index in [9.17, 15) is 22.8 Å². The van der Waals surface area contributed by atoms with Gasteiger partial charge in [0.25, 0.3) is 0 Å². The second-order valence-electron chi connectivity index (χ2n) is 6.39. The van der Waals surface area contributed by atoms with Gasteiger partial charge in [-0.25, -0.2) is 0 Å². The molecule has 0 spiro atoms. The van der Waals surface area contributed by atoms with Crippen LogP contribution in [-0.4, -0.2) is 17.6 Å². The Morgan fingerprint density at radius 3 is 2.36 bits per heavy atom. The van der Waals surface area contributed by atoms with Crippen molar-refractivity contribution in [2.75, 3.05) is 16.0 Å². The van der Waals surface area contributed by atoms with Gasteiger partial charge in [0.2, 0.25) is 11.8 Å². The summed E-state index contributed by atoms with van der Waals surface area (Å²) < 4.78 is 38.3. The number of thioether (sulfide) groups is 1. The molecule has 1 atom stereocenters. The zero-order valence-electron chi connectivity index (χ0n) is 15.1. The summed E-state index contributed by atoms with van der Waals surface area (Å²) in [5.74, 6) is 0.0304. The number of nitrogens with one attached hydrogen (secondary N) is 1. The Morgan fingerprint density at radius 2 is 1.79 bits per heavy atom. The van der Waals surface area contributed by atoms with Crippen LogP contribution in [0.15, 0.2) is 48.5 Å². The Hall–Kier alpha value is -2.48. The maximum Gasteiger partial charge on any atom is 0.416 e. The second kappa shape index (κ2) is 8.26. The fraction of sp³-hybridized carbons (Fsp3) is 0.300. The molecule has 28 heavy (non-hydrogen) atoms. The highest BCUT2D eigenvalue weighted by Crippen LogP contribution is 2.42. The van der Waals surface area contributed by atoms with Crippen LogP contribution in [0.25, 0.3) is 0 Å². The van der Waals surface area contributed by atoms with Gasteiger partial charge in [0.05, 0.1) is 11.3 Å². The van der Waals surface area contributed by atoms with Crippen molar-refractivity contribution in [2.24, 2.45) is 0 Å². The Morgan fingerprint density at radius 1 is 1.14 bits per heavy atom. The highest BCUT2D eigenvalue weighted by Gasteiger charge is 2.35. The van der Waals surface area contributed by atoms with Crippen molar-refractivity contribution in [1.29, 1.82) is 0 Å². The predicted octanol–water partition coefficient (Wildman–Crippen LogP) is 5.22. The lowest BCUT2D eigenvalue weighted by molar-refractivity contribution is -0.137. The summed E-state index contributed by atoms with van der Waals surface area (Å²) in [6, 6.07) is 11.8. The molecule has 1 aliphatic heterocycles. The van der Waals surface area contributed by atoms with Crippen LogP contribution < -0.4 is 10.2 Å². The summed E-state index contributed by atoms with van der Waals surface area (Å²) in [7, 11) is 0. The van der Waals surface area contributed by atoms with Crippen molar-refractivity contribution >= 4 is 35.0 Å².